The Morgan fingerprint density at radius 1 is 1.47 bits per heavy atom. The number of nitrogens with two attached hydrogens (primary N) is 1. The second-order valence-corrected chi connectivity index (χ2v) is 10.0. The van der Waals surface area contributed by atoms with Crippen LogP contribution in [0.5, 0.6) is 0 Å². The van der Waals surface area contributed by atoms with Crippen LogP contribution in [0, 0.1) is 0 Å². The third-order valence-electron chi connectivity index (χ3n) is 4.54. The SMILES string of the molecule is CSCc1c[nH]c(C2(N)C(=O)N3C(C(=O)OC(C)(C)C)=C(COC(C)=O)CS[C@H]32)n1. The van der Waals surface area contributed by atoms with E-state index < -0.39 is 34.4 Å². The van der Waals surface area contributed by atoms with Crippen LogP contribution in [-0.4, -0.2) is 62.3 Å². The number of amides is 1. The molecule has 2 aliphatic rings. The molecular formula is C19H26N4O5S2. The summed E-state index contributed by atoms with van der Waals surface area (Å²) >= 11 is 3.01. The minimum Gasteiger partial charge on any atom is -0.461 e. The molecule has 1 fully saturated rings. The number of esters is 2. The predicted octanol–water partition coefficient (Wildman–Crippen LogP) is 1.50. The summed E-state index contributed by atoms with van der Waals surface area (Å²) in [6, 6.07) is 0. The van der Waals surface area contributed by atoms with E-state index in [0.29, 0.717) is 22.9 Å². The number of aromatic nitrogens is 2. The summed E-state index contributed by atoms with van der Waals surface area (Å²) in [6.45, 7) is 6.42. The number of ether oxygens (including phenoxy) is 2. The molecule has 0 bridgehead atoms. The number of hydrogen-bond acceptors (Lipinski definition) is 9. The summed E-state index contributed by atoms with van der Waals surface area (Å²) in [4.78, 5) is 46.3. The van der Waals surface area contributed by atoms with Crippen molar-refractivity contribution >= 4 is 41.4 Å². The monoisotopic (exact) mass is 454 g/mol. The minimum atomic E-state index is -1.37. The Balaban J connectivity index is 1.94. The van der Waals surface area contributed by atoms with E-state index in [0.717, 1.165) is 5.69 Å². The first-order valence-electron chi connectivity index (χ1n) is 9.35. The first-order chi connectivity index (χ1) is 14.0. The van der Waals surface area contributed by atoms with E-state index >= 15 is 0 Å². The van der Waals surface area contributed by atoms with Crippen molar-refractivity contribution in [1.82, 2.24) is 14.9 Å². The smallest absolute Gasteiger partial charge is 0.355 e. The number of aromatic amines is 1. The largest absolute Gasteiger partial charge is 0.461 e. The van der Waals surface area contributed by atoms with E-state index in [4.69, 9.17) is 15.2 Å². The Bertz CT molecular complexity index is 907. The summed E-state index contributed by atoms with van der Waals surface area (Å²) in [5.74, 6) is -0.139. The van der Waals surface area contributed by atoms with Crippen molar-refractivity contribution in [3.63, 3.8) is 0 Å². The van der Waals surface area contributed by atoms with Crippen molar-refractivity contribution in [2.24, 2.45) is 5.73 Å². The average molecular weight is 455 g/mol. The summed E-state index contributed by atoms with van der Waals surface area (Å²) in [6.07, 6.45) is 3.70. The number of imidazole rings is 1. The fourth-order valence-electron chi connectivity index (χ4n) is 3.27. The zero-order valence-electron chi connectivity index (χ0n) is 17.6. The molecule has 3 heterocycles. The average Bonchev–Trinajstić information content (AvgIpc) is 3.12. The van der Waals surface area contributed by atoms with Crippen LogP contribution in [-0.2, 0) is 35.1 Å². The maximum Gasteiger partial charge on any atom is 0.355 e. The number of β-lactam (4-membered cyclic amide) rings is 1. The Morgan fingerprint density at radius 2 is 2.17 bits per heavy atom. The van der Waals surface area contributed by atoms with Gasteiger partial charge in [-0.1, -0.05) is 0 Å². The number of carbonyl (C=O) groups is 3. The minimum absolute atomic E-state index is 0.0936. The van der Waals surface area contributed by atoms with Gasteiger partial charge in [0.15, 0.2) is 5.54 Å². The van der Waals surface area contributed by atoms with Gasteiger partial charge in [0.25, 0.3) is 5.91 Å². The van der Waals surface area contributed by atoms with Crippen molar-refractivity contribution in [3.05, 3.63) is 29.0 Å². The number of H-pyrrole nitrogens is 1. The van der Waals surface area contributed by atoms with E-state index in [1.807, 2.05) is 6.26 Å². The number of carbonyl (C=O) groups excluding carboxylic acids is 3. The molecule has 2 atom stereocenters. The van der Waals surface area contributed by atoms with Gasteiger partial charge in [0.2, 0.25) is 0 Å². The number of nitrogens with one attached hydrogen (secondary N) is 1. The van der Waals surface area contributed by atoms with E-state index in [1.54, 1.807) is 38.7 Å². The molecule has 0 spiro atoms. The standard InChI is InChI=1S/C19H26N4O5S2/c1-10(24)27-7-11-8-30-17-19(20,15-21-6-12(22-15)9-29-5)16(26)23(17)13(11)14(25)28-18(2,3)4/h6,17H,7-9,20H2,1-5H3,(H,21,22)/t17-,19?/m0/s1. The molecule has 1 saturated heterocycles. The third kappa shape index (κ3) is 4.10. The van der Waals surface area contributed by atoms with Crippen molar-refractivity contribution in [2.45, 2.75) is 50.0 Å². The van der Waals surface area contributed by atoms with Gasteiger partial charge in [0.1, 0.15) is 29.1 Å². The molecule has 164 valence electrons. The van der Waals surface area contributed by atoms with Crippen LogP contribution >= 0.6 is 23.5 Å². The maximum atomic E-state index is 13.2. The second-order valence-electron chi connectivity index (χ2n) is 8.12. The Hall–Kier alpha value is -1.98. The molecule has 1 amide bonds. The Labute approximate surface area is 183 Å². The molecule has 3 N–H and O–H groups in total. The van der Waals surface area contributed by atoms with Crippen molar-refractivity contribution in [1.29, 1.82) is 0 Å². The zero-order chi connectivity index (χ0) is 22.3. The molecular weight excluding hydrogens is 428 g/mol. The zero-order valence-corrected chi connectivity index (χ0v) is 19.2. The van der Waals surface area contributed by atoms with Gasteiger partial charge in [-0.15, -0.1) is 11.8 Å². The number of thioether (sulfide) groups is 2. The summed E-state index contributed by atoms with van der Waals surface area (Å²) in [5, 5.41) is -0.526. The highest BCUT2D eigenvalue weighted by molar-refractivity contribution is 8.00. The lowest BCUT2D eigenvalue weighted by Gasteiger charge is -2.54. The van der Waals surface area contributed by atoms with E-state index in [-0.39, 0.29) is 12.3 Å². The molecule has 0 saturated carbocycles. The molecule has 2 aliphatic heterocycles. The van der Waals surface area contributed by atoms with Crippen LogP contribution in [0.15, 0.2) is 17.5 Å². The number of hydrogen-bond donors (Lipinski definition) is 2. The number of rotatable bonds is 6. The highest BCUT2D eigenvalue weighted by Crippen LogP contribution is 2.49. The summed E-state index contributed by atoms with van der Waals surface area (Å²) < 4.78 is 10.6. The van der Waals surface area contributed by atoms with Gasteiger partial charge >= 0.3 is 11.9 Å². The van der Waals surface area contributed by atoms with Crippen molar-refractivity contribution in [3.8, 4) is 0 Å². The van der Waals surface area contributed by atoms with Gasteiger partial charge in [-0.05, 0) is 27.0 Å². The van der Waals surface area contributed by atoms with Gasteiger partial charge in [-0.25, -0.2) is 9.78 Å². The topological polar surface area (TPSA) is 128 Å². The van der Waals surface area contributed by atoms with Gasteiger partial charge < -0.3 is 20.2 Å². The highest BCUT2D eigenvalue weighted by Gasteiger charge is 2.65. The Kier molecular flexibility index (Phi) is 6.26. The van der Waals surface area contributed by atoms with Crippen LogP contribution in [0.3, 0.4) is 0 Å². The molecule has 3 rings (SSSR count). The lowest BCUT2D eigenvalue weighted by molar-refractivity contribution is -0.162. The molecule has 9 nitrogen and oxygen atoms in total. The van der Waals surface area contributed by atoms with Crippen LogP contribution in [0.1, 0.15) is 39.2 Å². The Morgan fingerprint density at radius 3 is 2.77 bits per heavy atom. The highest BCUT2D eigenvalue weighted by atomic mass is 32.2. The molecule has 1 aromatic heterocycles. The van der Waals surface area contributed by atoms with E-state index in [2.05, 4.69) is 9.97 Å². The first-order valence-corrected chi connectivity index (χ1v) is 11.8. The fraction of sp³-hybridized carbons (Fsp3) is 0.579. The molecule has 0 aromatic carbocycles. The quantitative estimate of drug-likeness (QED) is 0.485. The van der Waals surface area contributed by atoms with Crippen molar-refractivity contribution < 1.29 is 23.9 Å². The summed E-state index contributed by atoms with van der Waals surface area (Å²) in [7, 11) is 0. The number of nitrogens with zero attached hydrogens (tertiary/aromatic N) is 2. The molecule has 1 unspecified atom stereocenters. The molecule has 30 heavy (non-hydrogen) atoms. The fourth-order valence-corrected chi connectivity index (χ4v) is 5.12. The van der Waals surface area contributed by atoms with Gasteiger partial charge in [-0.3, -0.25) is 14.5 Å². The number of fused-ring (bicyclic) bond motifs is 1. The first kappa shape index (κ1) is 22.7. The summed E-state index contributed by atoms with van der Waals surface area (Å²) in [5.41, 5.74) is 5.80. The van der Waals surface area contributed by atoms with E-state index in [9.17, 15) is 14.4 Å². The lowest BCUT2D eigenvalue weighted by atomic mass is 9.86. The van der Waals surface area contributed by atoms with Gasteiger partial charge in [-0.2, -0.15) is 11.8 Å². The van der Waals surface area contributed by atoms with Gasteiger partial charge in [0, 0.05) is 30.2 Å². The van der Waals surface area contributed by atoms with Crippen LogP contribution < -0.4 is 5.73 Å². The van der Waals surface area contributed by atoms with Crippen LogP contribution in [0.25, 0.3) is 0 Å². The molecule has 0 aliphatic carbocycles. The van der Waals surface area contributed by atoms with Gasteiger partial charge in [0.05, 0.1) is 5.69 Å². The molecule has 11 heteroatoms. The molecule has 0 radical (unpaired) electrons. The lowest BCUT2D eigenvalue weighted by Crippen LogP contribution is -2.76. The normalized spacial score (nSPS) is 23.7. The predicted molar refractivity (Wildman–Crippen MR) is 114 cm³/mol. The third-order valence-corrected chi connectivity index (χ3v) is 6.54. The van der Waals surface area contributed by atoms with Crippen LogP contribution in [0.2, 0.25) is 0 Å². The van der Waals surface area contributed by atoms with Crippen LogP contribution in [0.4, 0.5) is 0 Å². The maximum absolute atomic E-state index is 13.2. The van der Waals surface area contributed by atoms with E-state index in [1.165, 1.54) is 23.6 Å². The second kappa shape index (κ2) is 8.27. The molecule has 1 aromatic rings. The van der Waals surface area contributed by atoms with Crippen molar-refractivity contribution in [2.75, 3.05) is 18.6 Å².